The second-order valence-corrected chi connectivity index (χ2v) is 6.20. The highest BCUT2D eigenvalue weighted by Crippen LogP contribution is 2.31. The smallest absolute Gasteiger partial charge is 0.161 e. The Bertz CT molecular complexity index is 950. The third-order valence-electron chi connectivity index (χ3n) is 3.50. The Kier molecular flexibility index (Phi) is 5.12. The van der Waals surface area contributed by atoms with E-state index in [-0.39, 0.29) is 0 Å². The molecule has 0 radical (unpaired) electrons. The molecule has 0 saturated heterocycles. The van der Waals surface area contributed by atoms with E-state index in [2.05, 4.69) is 17.6 Å². The molecule has 0 saturated carbocycles. The van der Waals surface area contributed by atoms with Gasteiger partial charge in [0.25, 0.3) is 0 Å². The zero-order valence-electron chi connectivity index (χ0n) is 13.7. The summed E-state index contributed by atoms with van der Waals surface area (Å²) in [6.45, 7) is 4.04. The Hall–Kier alpha value is -3.10. The van der Waals surface area contributed by atoms with Gasteiger partial charge in [-0.1, -0.05) is 30.9 Å². The molecule has 3 rings (SSSR count). The first-order valence-electron chi connectivity index (χ1n) is 7.64. The maximum atomic E-state index is 9.54. The zero-order chi connectivity index (χ0) is 17.6. The molecule has 1 heterocycles. The third-order valence-corrected chi connectivity index (χ3v) is 4.57. The first kappa shape index (κ1) is 16.7. The van der Waals surface area contributed by atoms with Crippen LogP contribution < -0.4 is 9.47 Å². The predicted molar refractivity (Wildman–Crippen MR) is 102 cm³/mol. The number of benzene rings is 2. The number of allylic oxidation sites excluding steroid dienone is 1. The molecular weight excluding hydrogens is 332 g/mol. The van der Waals surface area contributed by atoms with E-state index in [0.717, 1.165) is 15.8 Å². The number of nitriles is 1. The fraction of sp³-hybridized carbons (Fsp3) is 0.100. The number of methoxy groups -OCH3 is 1. The van der Waals surface area contributed by atoms with E-state index >= 15 is 0 Å². The number of aromatic nitrogens is 1. The maximum Gasteiger partial charge on any atom is 0.161 e. The van der Waals surface area contributed by atoms with Crippen molar-refractivity contribution in [2.24, 2.45) is 0 Å². The van der Waals surface area contributed by atoms with Gasteiger partial charge in [0.1, 0.15) is 17.7 Å². The number of rotatable bonds is 6. The largest absolute Gasteiger partial charge is 0.493 e. The quantitative estimate of drug-likeness (QED) is 0.468. The summed E-state index contributed by atoms with van der Waals surface area (Å²) in [7, 11) is 1.59. The minimum absolute atomic E-state index is 0.403. The topological polar surface area (TPSA) is 55.1 Å². The maximum absolute atomic E-state index is 9.54. The Morgan fingerprint density at radius 1 is 1.28 bits per heavy atom. The molecule has 0 aliphatic heterocycles. The lowest BCUT2D eigenvalue weighted by Gasteiger charge is -2.09. The van der Waals surface area contributed by atoms with Gasteiger partial charge >= 0.3 is 0 Å². The molecular formula is C20H16N2O2S. The van der Waals surface area contributed by atoms with Crippen LogP contribution in [0.2, 0.25) is 0 Å². The van der Waals surface area contributed by atoms with Gasteiger partial charge in [0.05, 0.1) is 22.9 Å². The minimum atomic E-state index is 0.403. The average molecular weight is 348 g/mol. The molecule has 0 fully saturated rings. The lowest BCUT2D eigenvalue weighted by molar-refractivity contribution is 0.326. The molecule has 25 heavy (non-hydrogen) atoms. The van der Waals surface area contributed by atoms with Crippen LogP contribution in [0.1, 0.15) is 10.6 Å². The summed E-state index contributed by atoms with van der Waals surface area (Å²) in [5, 5.41) is 10.2. The molecule has 0 amide bonds. The van der Waals surface area contributed by atoms with Crippen molar-refractivity contribution in [3.63, 3.8) is 0 Å². The second-order valence-electron chi connectivity index (χ2n) is 5.17. The van der Waals surface area contributed by atoms with Crippen molar-refractivity contribution >= 4 is 33.2 Å². The normalized spacial score (nSPS) is 11.1. The van der Waals surface area contributed by atoms with Crippen LogP contribution in [0.15, 0.2) is 55.1 Å². The van der Waals surface area contributed by atoms with Crippen LogP contribution in [0.4, 0.5) is 0 Å². The van der Waals surface area contributed by atoms with E-state index < -0.39 is 0 Å². The number of thiazole rings is 1. The summed E-state index contributed by atoms with van der Waals surface area (Å²) >= 11 is 1.50. The van der Waals surface area contributed by atoms with Crippen molar-refractivity contribution in [3.8, 4) is 17.6 Å². The van der Waals surface area contributed by atoms with Gasteiger partial charge in [0, 0.05) is 0 Å². The Balaban J connectivity index is 1.96. The zero-order valence-corrected chi connectivity index (χ0v) is 14.5. The van der Waals surface area contributed by atoms with Crippen LogP contribution in [0.5, 0.6) is 11.5 Å². The van der Waals surface area contributed by atoms with Gasteiger partial charge in [-0.2, -0.15) is 5.26 Å². The van der Waals surface area contributed by atoms with Gasteiger partial charge in [-0.15, -0.1) is 11.3 Å². The van der Waals surface area contributed by atoms with Gasteiger partial charge in [0.15, 0.2) is 11.5 Å². The van der Waals surface area contributed by atoms with Crippen molar-refractivity contribution < 1.29 is 9.47 Å². The summed E-state index contributed by atoms with van der Waals surface area (Å²) < 4.78 is 12.0. The first-order valence-corrected chi connectivity index (χ1v) is 8.46. The van der Waals surface area contributed by atoms with Gasteiger partial charge in [0.2, 0.25) is 0 Å². The highest BCUT2D eigenvalue weighted by Gasteiger charge is 2.10. The summed E-state index contributed by atoms with van der Waals surface area (Å²) in [6, 6.07) is 15.6. The van der Waals surface area contributed by atoms with Crippen LogP contribution in [0.25, 0.3) is 21.9 Å². The molecule has 3 aromatic rings. The molecule has 0 bridgehead atoms. The summed E-state index contributed by atoms with van der Waals surface area (Å²) in [6.07, 6.45) is 3.48. The Morgan fingerprint density at radius 3 is 2.84 bits per heavy atom. The van der Waals surface area contributed by atoms with Crippen LogP contribution in [-0.2, 0) is 0 Å². The number of hydrogen-bond donors (Lipinski definition) is 0. The standard InChI is InChI=1S/C20H16N2O2S/c1-3-10-24-17-9-8-14(12-18(17)23-2)11-15(13-21)20-22-16-6-4-5-7-19(16)25-20/h3-9,11-12H,1,10H2,2H3/b15-11+. The lowest BCUT2D eigenvalue weighted by atomic mass is 10.1. The fourth-order valence-electron chi connectivity index (χ4n) is 2.34. The SMILES string of the molecule is C=CCOc1ccc(/C=C(\C#N)c2nc3ccccc3s2)cc1OC. The van der Waals surface area contributed by atoms with E-state index in [1.54, 1.807) is 19.3 Å². The number of fused-ring (bicyclic) bond motifs is 1. The molecule has 0 N–H and O–H groups in total. The molecule has 124 valence electrons. The molecule has 2 aromatic carbocycles. The number of hydrogen-bond acceptors (Lipinski definition) is 5. The van der Waals surface area contributed by atoms with Crippen molar-refractivity contribution in [2.45, 2.75) is 0 Å². The van der Waals surface area contributed by atoms with Crippen molar-refractivity contribution in [1.29, 1.82) is 5.26 Å². The van der Waals surface area contributed by atoms with Crippen LogP contribution in [0, 0.1) is 11.3 Å². The van der Waals surface area contributed by atoms with Gasteiger partial charge < -0.3 is 9.47 Å². The average Bonchev–Trinajstić information content (AvgIpc) is 3.08. The van der Waals surface area contributed by atoms with Gasteiger partial charge in [-0.05, 0) is 35.9 Å². The van der Waals surface area contributed by atoms with Gasteiger partial charge in [-0.25, -0.2) is 4.98 Å². The summed E-state index contributed by atoms with van der Waals surface area (Å²) in [5.74, 6) is 1.25. The molecule has 0 aliphatic rings. The number of para-hydroxylation sites is 1. The molecule has 0 spiro atoms. The highest BCUT2D eigenvalue weighted by atomic mass is 32.1. The first-order chi connectivity index (χ1) is 12.2. The van der Waals surface area contributed by atoms with Gasteiger partial charge in [-0.3, -0.25) is 0 Å². The Morgan fingerprint density at radius 2 is 2.12 bits per heavy atom. The van der Waals surface area contributed by atoms with E-state index in [4.69, 9.17) is 9.47 Å². The van der Waals surface area contributed by atoms with E-state index in [0.29, 0.717) is 28.7 Å². The van der Waals surface area contributed by atoms with E-state index in [1.807, 2.05) is 42.5 Å². The van der Waals surface area contributed by atoms with Crippen LogP contribution in [0.3, 0.4) is 0 Å². The second kappa shape index (κ2) is 7.65. The molecule has 0 aliphatic carbocycles. The Labute approximate surface area is 150 Å². The third kappa shape index (κ3) is 3.70. The van der Waals surface area contributed by atoms with Crippen molar-refractivity contribution in [1.82, 2.24) is 4.98 Å². The molecule has 5 heteroatoms. The van der Waals surface area contributed by atoms with Crippen LogP contribution in [-0.4, -0.2) is 18.7 Å². The molecule has 0 atom stereocenters. The number of ether oxygens (including phenoxy) is 2. The van der Waals surface area contributed by atoms with Crippen LogP contribution >= 0.6 is 11.3 Å². The van der Waals surface area contributed by atoms with Crippen molar-refractivity contribution in [3.05, 3.63) is 65.7 Å². The summed E-state index contributed by atoms with van der Waals surface area (Å²) in [5.41, 5.74) is 2.26. The minimum Gasteiger partial charge on any atom is -0.493 e. The predicted octanol–water partition coefficient (Wildman–Crippen LogP) is 4.93. The molecule has 4 nitrogen and oxygen atoms in total. The monoisotopic (exact) mass is 348 g/mol. The highest BCUT2D eigenvalue weighted by molar-refractivity contribution is 7.19. The molecule has 0 unspecified atom stereocenters. The van der Waals surface area contributed by atoms with E-state index in [1.165, 1.54) is 11.3 Å². The van der Waals surface area contributed by atoms with E-state index in [9.17, 15) is 5.26 Å². The van der Waals surface area contributed by atoms with Crippen molar-refractivity contribution in [2.75, 3.05) is 13.7 Å². The summed E-state index contributed by atoms with van der Waals surface area (Å²) in [4.78, 5) is 4.54. The lowest BCUT2D eigenvalue weighted by Crippen LogP contribution is -1.96. The molecule has 1 aromatic heterocycles. The fourth-order valence-corrected chi connectivity index (χ4v) is 3.27. The number of nitrogens with zero attached hydrogens (tertiary/aromatic N) is 2.